The zero-order valence-electron chi connectivity index (χ0n) is 10.7. The number of amides is 1. The third-order valence-electron chi connectivity index (χ3n) is 2.89. The number of nitrogens with one attached hydrogen (secondary N) is 1. The van der Waals surface area contributed by atoms with Gasteiger partial charge in [-0.3, -0.25) is 4.79 Å². The Morgan fingerprint density at radius 3 is 2.55 bits per heavy atom. The minimum absolute atomic E-state index is 0.228. The molecule has 0 fully saturated rings. The molecule has 2 aromatic rings. The first-order valence-electron chi connectivity index (χ1n) is 5.99. The molecule has 2 aromatic carbocycles. The minimum atomic E-state index is -0.301. The summed E-state index contributed by atoms with van der Waals surface area (Å²) in [7, 11) is 0. The highest BCUT2D eigenvalue weighted by atomic mass is 79.9. The van der Waals surface area contributed by atoms with Crippen LogP contribution in [0.5, 0.6) is 0 Å². The Labute approximate surface area is 130 Å². The quantitative estimate of drug-likeness (QED) is 0.846. The summed E-state index contributed by atoms with van der Waals surface area (Å²) in [6.07, 6.45) is 0. The van der Waals surface area contributed by atoms with Crippen molar-refractivity contribution in [2.24, 2.45) is 0 Å². The molecule has 1 atom stereocenters. The molecule has 0 bridgehead atoms. The first kappa shape index (κ1) is 15.0. The number of hydrogen-bond donors (Lipinski definition) is 1. The zero-order valence-corrected chi connectivity index (χ0v) is 13.0. The molecule has 5 heteroatoms. The fourth-order valence-corrected chi connectivity index (χ4v) is 2.38. The maximum absolute atomic E-state index is 12.9. The molecule has 2 rings (SSSR count). The molecule has 0 radical (unpaired) electrons. The Morgan fingerprint density at radius 1 is 1.25 bits per heavy atom. The van der Waals surface area contributed by atoms with Crippen LogP contribution >= 0.6 is 27.5 Å². The smallest absolute Gasteiger partial charge is 0.252 e. The van der Waals surface area contributed by atoms with Gasteiger partial charge in [0, 0.05) is 9.50 Å². The van der Waals surface area contributed by atoms with E-state index in [0.717, 1.165) is 5.56 Å². The van der Waals surface area contributed by atoms with Gasteiger partial charge < -0.3 is 5.32 Å². The van der Waals surface area contributed by atoms with Crippen molar-refractivity contribution in [3.63, 3.8) is 0 Å². The summed E-state index contributed by atoms with van der Waals surface area (Å²) < 4.78 is 13.5. The molecule has 0 aromatic heterocycles. The van der Waals surface area contributed by atoms with Crippen molar-refractivity contribution in [1.82, 2.24) is 5.32 Å². The molecule has 1 unspecified atom stereocenters. The topological polar surface area (TPSA) is 29.1 Å². The number of carbonyl (C=O) groups is 1. The third kappa shape index (κ3) is 3.58. The second-order valence-electron chi connectivity index (χ2n) is 4.37. The normalized spacial score (nSPS) is 12.0. The van der Waals surface area contributed by atoms with Gasteiger partial charge in [0.15, 0.2) is 0 Å². The Kier molecular flexibility index (Phi) is 4.78. The van der Waals surface area contributed by atoms with E-state index in [-0.39, 0.29) is 17.8 Å². The molecule has 0 aliphatic carbocycles. The standard InChI is InChI=1S/C15H12BrClFNO/c1-9(10-2-5-12(18)6-3-10)19-15(20)13-8-11(17)4-7-14(13)16/h2-9H,1H3,(H,19,20). The number of rotatable bonds is 3. The van der Waals surface area contributed by atoms with E-state index in [1.807, 2.05) is 6.92 Å². The van der Waals surface area contributed by atoms with Crippen LogP contribution in [-0.4, -0.2) is 5.91 Å². The monoisotopic (exact) mass is 355 g/mol. The maximum Gasteiger partial charge on any atom is 0.252 e. The lowest BCUT2D eigenvalue weighted by Gasteiger charge is -2.15. The highest BCUT2D eigenvalue weighted by Gasteiger charge is 2.14. The number of halogens is 3. The SMILES string of the molecule is CC(NC(=O)c1cc(Cl)ccc1Br)c1ccc(F)cc1. The van der Waals surface area contributed by atoms with Gasteiger partial charge in [-0.25, -0.2) is 4.39 Å². The summed E-state index contributed by atoms with van der Waals surface area (Å²) in [5, 5.41) is 3.34. The van der Waals surface area contributed by atoms with Crippen LogP contribution in [-0.2, 0) is 0 Å². The zero-order chi connectivity index (χ0) is 14.7. The van der Waals surface area contributed by atoms with E-state index < -0.39 is 0 Å². The van der Waals surface area contributed by atoms with E-state index in [1.165, 1.54) is 12.1 Å². The van der Waals surface area contributed by atoms with Gasteiger partial charge in [0.05, 0.1) is 11.6 Å². The highest BCUT2D eigenvalue weighted by Crippen LogP contribution is 2.22. The van der Waals surface area contributed by atoms with E-state index in [0.29, 0.717) is 15.1 Å². The largest absolute Gasteiger partial charge is 0.345 e. The van der Waals surface area contributed by atoms with Crippen molar-refractivity contribution >= 4 is 33.4 Å². The van der Waals surface area contributed by atoms with Crippen molar-refractivity contribution < 1.29 is 9.18 Å². The van der Waals surface area contributed by atoms with E-state index in [2.05, 4.69) is 21.2 Å². The van der Waals surface area contributed by atoms with Crippen molar-refractivity contribution in [2.75, 3.05) is 0 Å². The van der Waals surface area contributed by atoms with Crippen molar-refractivity contribution in [3.8, 4) is 0 Å². The van der Waals surface area contributed by atoms with Crippen LogP contribution in [0.15, 0.2) is 46.9 Å². The van der Waals surface area contributed by atoms with Crippen LogP contribution in [0.1, 0.15) is 28.9 Å². The van der Waals surface area contributed by atoms with Crippen LogP contribution in [0.25, 0.3) is 0 Å². The second kappa shape index (κ2) is 6.37. The van der Waals surface area contributed by atoms with Crippen LogP contribution in [0.2, 0.25) is 5.02 Å². The molecule has 2 nitrogen and oxygen atoms in total. The predicted octanol–water partition coefficient (Wildman–Crippen LogP) is 4.73. The third-order valence-corrected chi connectivity index (χ3v) is 3.82. The first-order chi connectivity index (χ1) is 9.47. The lowest BCUT2D eigenvalue weighted by Crippen LogP contribution is -2.26. The van der Waals surface area contributed by atoms with Gasteiger partial charge in [0.2, 0.25) is 0 Å². The summed E-state index contributed by atoms with van der Waals surface area (Å²) in [5.74, 6) is -0.541. The first-order valence-corrected chi connectivity index (χ1v) is 7.16. The lowest BCUT2D eigenvalue weighted by atomic mass is 10.1. The van der Waals surface area contributed by atoms with Gasteiger partial charge in [0.1, 0.15) is 5.82 Å². The Hall–Kier alpha value is -1.39. The van der Waals surface area contributed by atoms with Crippen molar-refractivity contribution in [1.29, 1.82) is 0 Å². The molecule has 0 saturated heterocycles. The predicted molar refractivity (Wildman–Crippen MR) is 81.4 cm³/mol. The molecule has 1 N–H and O–H groups in total. The molecular formula is C15H12BrClFNO. The summed E-state index contributed by atoms with van der Waals surface area (Å²) >= 11 is 9.21. The molecule has 0 aliphatic rings. The molecule has 1 amide bonds. The van der Waals surface area contributed by atoms with Gasteiger partial charge in [-0.15, -0.1) is 0 Å². The number of carbonyl (C=O) groups excluding carboxylic acids is 1. The van der Waals surface area contributed by atoms with Gasteiger partial charge in [0.25, 0.3) is 5.91 Å². The van der Waals surface area contributed by atoms with Crippen LogP contribution in [0.3, 0.4) is 0 Å². The summed E-state index contributed by atoms with van der Waals surface area (Å²) in [4.78, 5) is 12.2. The van der Waals surface area contributed by atoms with Crippen LogP contribution < -0.4 is 5.32 Å². The van der Waals surface area contributed by atoms with Gasteiger partial charge in [-0.05, 0) is 58.7 Å². The molecule has 104 valence electrons. The van der Waals surface area contributed by atoms with Crippen molar-refractivity contribution in [2.45, 2.75) is 13.0 Å². The molecule has 0 heterocycles. The van der Waals surface area contributed by atoms with E-state index in [4.69, 9.17) is 11.6 Å². The molecular weight excluding hydrogens is 345 g/mol. The summed E-state index contributed by atoms with van der Waals surface area (Å²) in [5.41, 5.74) is 1.30. The van der Waals surface area contributed by atoms with E-state index >= 15 is 0 Å². The number of benzene rings is 2. The fraction of sp³-hybridized carbons (Fsp3) is 0.133. The minimum Gasteiger partial charge on any atom is -0.345 e. The Balaban J connectivity index is 2.15. The fourth-order valence-electron chi connectivity index (χ4n) is 1.78. The van der Waals surface area contributed by atoms with Gasteiger partial charge >= 0.3 is 0 Å². The van der Waals surface area contributed by atoms with E-state index in [9.17, 15) is 9.18 Å². The highest BCUT2D eigenvalue weighted by molar-refractivity contribution is 9.10. The van der Waals surface area contributed by atoms with Crippen LogP contribution in [0.4, 0.5) is 4.39 Å². The van der Waals surface area contributed by atoms with Crippen molar-refractivity contribution in [3.05, 3.63) is 68.9 Å². The van der Waals surface area contributed by atoms with Gasteiger partial charge in [-0.1, -0.05) is 23.7 Å². The number of hydrogen-bond acceptors (Lipinski definition) is 1. The van der Waals surface area contributed by atoms with Gasteiger partial charge in [-0.2, -0.15) is 0 Å². The summed E-state index contributed by atoms with van der Waals surface area (Å²) in [6, 6.07) is 10.8. The molecule has 20 heavy (non-hydrogen) atoms. The Bertz CT molecular complexity index is 630. The molecule has 0 aliphatic heterocycles. The maximum atomic E-state index is 12.9. The Morgan fingerprint density at radius 2 is 1.90 bits per heavy atom. The molecule has 0 spiro atoms. The second-order valence-corrected chi connectivity index (χ2v) is 5.66. The average molecular weight is 357 g/mol. The van der Waals surface area contributed by atoms with E-state index in [1.54, 1.807) is 30.3 Å². The average Bonchev–Trinajstić information content (AvgIpc) is 2.42. The molecule has 0 saturated carbocycles. The summed E-state index contributed by atoms with van der Waals surface area (Å²) in [6.45, 7) is 1.84. The lowest BCUT2D eigenvalue weighted by molar-refractivity contribution is 0.0939. The van der Waals surface area contributed by atoms with Crippen LogP contribution in [0, 0.1) is 5.82 Å².